The average Bonchev–Trinajstić information content (AvgIpc) is 2.74. The van der Waals surface area contributed by atoms with Gasteiger partial charge in [-0.05, 0) is 76.4 Å². The van der Waals surface area contributed by atoms with Crippen LogP contribution in [0.1, 0.15) is 51.4 Å². The van der Waals surface area contributed by atoms with Crippen LogP contribution in [0.3, 0.4) is 0 Å². The number of nitrogens with zero attached hydrogens (tertiary/aromatic N) is 1. The number of hydrogen-bond acceptors (Lipinski definition) is 5. The third-order valence-corrected chi connectivity index (χ3v) is 5.74. The van der Waals surface area contributed by atoms with Crippen LogP contribution in [-0.4, -0.2) is 63.6 Å². The summed E-state index contributed by atoms with van der Waals surface area (Å²) in [6, 6.07) is 6.93. The molecule has 1 aliphatic rings. The molecule has 7 heteroatoms. The van der Waals surface area contributed by atoms with Crippen LogP contribution in [0.15, 0.2) is 24.3 Å². The number of ether oxygens (including phenoxy) is 3. The lowest BCUT2D eigenvalue weighted by molar-refractivity contribution is 0.0207. The lowest BCUT2D eigenvalue weighted by atomic mass is 9.93. The van der Waals surface area contributed by atoms with Gasteiger partial charge in [-0.2, -0.15) is 0 Å². The summed E-state index contributed by atoms with van der Waals surface area (Å²) >= 11 is 5.84. The van der Waals surface area contributed by atoms with E-state index < -0.39 is 6.09 Å². The van der Waals surface area contributed by atoms with Gasteiger partial charge in [-0.15, -0.1) is 0 Å². The Morgan fingerprint density at radius 3 is 2.43 bits per heavy atom. The van der Waals surface area contributed by atoms with E-state index in [-0.39, 0.29) is 6.04 Å². The maximum Gasteiger partial charge on any atom is 0.412 e. The molecule has 0 aliphatic heterocycles. The number of rotatable bonds is 13. The van der Waals surface area contributed by atoms with Crippen molar-refractivity contribution in [1.29, 1.82) is 0 Å². The molecule has 2 rings (SSSR count). The molecule has 1 N–H and O–H groups in total. The first-order valence-electron chi connectivity index (χ1n) is 11.1. The molecule has 0 spiro atoms. The fourth-order valence-corrected chi connectivity index (χ4v) is 3.75. The zero-order chi connectivity index (χ0) is 21.6. The zero-order valence-electron chi connectivity index (χ0n) is 18.4. The van der Waals surface area contributed by atoms with Crippen molar-refractivity contribution in [3.63, 3.8) is 0 Å². The second-order valence-corrected chi connectivity index (χ2v) is 8.48. The van der Waals surface area contributed by atoms with Gasteiger partial charge in [-0.3, -0.25) is 0 Å². The van der Waals surface area contributed by atoms with Gasteiger partial charge in [0, 0.05) is 31.3 Å². The Morgan fingerprint density at radius 2 is 1.73 bits per heavy atom. The van der Waals surface area contributed by atoms with E-state index in [2.05, 4.69) is 17.3 Å². The van der Waals surface area contributed by atoms with Gasteiger partial charge < -0.3 is 24.4 Å². The summed E-state index contributed by atoms with van der Waals surface area (Å²) in [5.41, 5.74) is 0. The minimum absolute atomic E-state index is 0.153. The minimum atomic E-state index is -0.408. The molecule has 0 saturated heterocycles. The highest BCUT2D eigenvalue weighted by Crippen LogP contribution is 2.22. The molecule has 1 aliphatic carbocycles. The van der Waals surface area contributed by atoms with Gasteiger partial charge in [0.05, 0.1) is 12.7 Å². The Labute approximate surface area is 186 Å². The number of amides is 1. The van der Waals surface area contributed by atoms with E-state index in [1.807, 2.05) is 0 Å². The second kappa shape index (κ2) is 14.6. The summed E-state index contributed by atoms with van der Waals surface area (Å²) < 4.78 is 16.4. The molecule has 0 aromatic heterocycles. The van der Waals surface area contributed by atoms with Gasteiger partial charge in [0.15, 0.2) is 0 Å². The first-order chi connectivity index (χ1) is 14.6. The molecule has 30 heavy (non-hydrogen) atoms. The van der Waals surface area contributed by atoms with Crippen molar-refractivity contribution < 1.29 is 19.0 Å². The number of unbranched alkanes of at least 4 members (excludes halogenated alkanes) is 3. The Balaban J connectivity index is 1.47. The fraction of sp³-hybridized carbons (Fsp3) is 0.696. The van der Waals surface area contributed by atoms with Crippen molar-refractivity contribution in [3.05, 3.63) is 29.3 Å². The largest absolute Gasteiger partial charge is 0.412 e. The van der Waals surface area contributed by atoms with Crippen molar-refractivity contribution in [3.8, 4) is 5.75 Å². The number of nitrogens with one attached hydrogen (secondary N) is 1. The molecule has 0 radical (unpaired) electrons. The van der Waals surface area contributed by atoms with Crippen LogP contribution in [0.4, 0.5) is 4.79 Å². The molecule has 1 fully saturated rings. The number of hydrogen-bond donors (Lipinski definition) is 1. The maximum absolute atomic E-state index is 12.0. The summed E-state index contributed by atoms with van der Waals surface area (Å²) in [7, 11) is 3.89. The Hall–Kier alpha value is -1.34. The van der Waals surface area contributed by atoms with Crippen LogP contribution in [0.25, 0.3) is 0 Å². The molecular weight excluding hydrogens is 404 g/mol. The molecule has 0 unspecified atom stereocenters. The lowest BCUT2D eigenvalue weighted by Gasteiger charge is -2.28. The van der Waals surface area contributed by atoms with E-state index in [1.54, 1.807) is 31.4 Å². The van der Waals surface area contributed by atoms with Crippen LogP contribution >= 0.6 is 11.6 Å². The molecule has 1 aromatic rings. The molecule has 0 heterocycles. The third-order valence-electron chi connectivity index (χ3n) is 5.49. The van der Waals surface area contributed by atoms with E-state index >= 15 is 0 Å². The molecule has 1 amide bonds. The van der Waals surface area contributed by atoms with Crippen LogP contribution in [-0.2, 0) is 9.47 Å². The number of carbonyl (C=O) groups is 1. The topological polar surface area (TPSA) is 60.0 Å². The quantitative estimate of drug-likeness (QED) is 0.442. The van der Waals surface area contributed by atoms with Crippen molar-refractivity contribution in [2.24, 2.45) is 0 Å². The highest BCUT2D eigenvalue weighted by atomic mass is 35.5. The van der Waals surface area contributed by atoms with Crippen LogP contribution in [0.2, 0.25) is 5.02 Å². The maximum atomic E-state index is 12.0. The first-order valence-corrected chi connectivity index (χ1v) is 11.5. The smallest absolute Gasteiger partial charge is 0.410 e. The first kappa shape index (κ1) is 24.9. The van der Waals surface area contributed by atoms with Crippen LogP contribution in [0.5, 0.6) is 5.75 Å². The highest BCUT2D eigenvalue weighted by molar-refractivity contribution is 6.30. The lowest BCUT2D eigenvalue weighted by Crippen LogP contribution is -2.40. The number of halogens is 1. The van der Waals surface area contributed by atoms with Gasteiger partial charge in [0.2, 0.25) is 0 Å². The van der Waals surface area contributed by atoms with Gasteiger partial charge in [-0.1, -0.05) is 24.4 Å². The van der Waals surface area contributed by atoms with Crippen molar-refractivity contribution in [2.75, 3.05) is 40.5 Å². The molecule has 1 aromatic carbocycles. The molecular formula is C23H37ClN2O4. The van der Waals surface area contributed by atoms with Crippen molar-refractivity contribution in [1.82, 2.24) is 10.2 Å². The summed E-state index contributed by atoms with van der Waals surface area (Å²) in [5, 5.41) is 3.57. The van der Waals surface area contributed by atoms with E-state index in [0.717, 1.165) is 58.4 Å². The number of carbonyl (C=O) groups excluding carboxylic acids is 1. The highest BCUT2D eigenvalue weighted by Gasteiger charge is 2.23. The monoisotopic (exact) mass is 440 g/mol. The summed E-state index contributed by atoms with van der Waals surface area (Å²) in [4.78, 5) is 14.3. The predicted octanol–water partition coefficient (Wildman–Crippen LogP) is 4.89. The SMILES string of the molecule is COCCN(C)CCCCCCOC1CCC(NC(=O)Oc2ccc(Cl)cc2)CC1. The van der Waals surface area contributed by atoms with Crippen LogP contribution < -0.4 is 10.1 Å². The van der Waals surface area contributed by atoms with Gasteiger partial charge in [0.25, 0.3) is 0 Å². The van der Waals surface area contributed by atoms with Gasteiger partial charge in [0.1, 0.15) is 5.75 Å². The predicted molar refractivity (Wildman–Crippen MR) is 120 cm³/mol. The standard InChI is InChI=1S/C23H37ClN2O4/c1-26(16-18-28-2)15-5-3-4-6-17-29-21-13-9-20(10-14-21)25-23(27)30-22-11-7-19(24)8-12-22/h7-8,11-12,20-21H,3-6,9-10,13-18H2,1-2H3,(H,25,27). The Morgan fingerprint density at radius 1 is 1.03 bits per heavy atom. The second-order valence-electron chi connectivity index (χ2n) is 8.04. The van der Waals surface area contributed by atoms with Gasteiger partial charge in [-0.25, -0.2) is 4.79 Å². The average molecular weight is 441 g/mol. The molecule has 6 nitrogen and oxygen atoms in total. The van der Waals surface area contributed by atoms with E-state index in [1.165, 1.54) is 19.3 Å². The Bertz CT molecular complexity index is 591. The summed E-state index contributed by atoms with van der Waals surface area (Å²) in [6.45, 7) is 3.75. The molecule has 0 bridgehead atoms. The zero-order valence-corrected chi connectivity index (χ0v) is 19.2. The summed E-state index contributed by atoms with van der Waals surface area (Å²) in [5.74, 6) is 0.496. The minimum Gasteiger partial charge on any atom is -0.410 e. The number of likely N-dealkylation sites (N-methyl/N-ethyl adjacent to an activating group) is 1. The molecule has 0 atom stereocenters. The summed E-state index contributed by atoms with van der Waals surface area (Å²) in [6.07, 6.45) is 8.52. The fourth-order valence-electron chi connectivity index (χ4n) is 3.63. The third kappa shape index (κ3) is 10.6. The van der Waals surface area contributed by atoms with E-state index in [9.17, 15) is 4.79 Å². The van der Waals surface area contributed by atoms with Crippen molar-refractivity contribution >= 4 is 17.7 Å². The number of benzene rings is 1. The van der Waals surface area contributed by atoms with Crippen LogP contribution in [0, 0.1) is 0 Å². The number of methoxy groups -OCH3 is 1. The van der Waals surface area contributed by atoms with Crippen molar-refractivity contribution in [2.45, 2.75) is 63.5 Å². The molecule has 170 valence electrons. The van der Waals surface area contributed by atoms with E-state index in [0.29, 0.717) is 16.9 Å². The van der Waals surface area contributed by atoms with Gasteiger partial charge >= 0.3 is 6.09 Å². The Kier molecular flexibility index (Phi) is 12.2. The van der Waals surface area contributed by atoms with E-state index in [4.69, 9.17) is 25.8 Å². The normalized spacial score (nSPS) is 19.1. The molecule has 1 saturated carbocycles.